The van der Waals surface area contributed by atoms with Crippen molar-refractivity contribution in [2.24, 2.45) is 17.3 Å². The van der Waals surface area contributed by atoms with Crippen LogP contribution in [0.4, 0.5) is 13.2 Å². The van der Waals surface area contributed by atoms with E-state index < -0.39 is 18.2 Å². The van der Waals surface area contributed by atoms with Gasteiger partial charge in [0.1, 0.15) is 0 Å². The fraction of sp³-hybridized carbons (Fsp3) is 0.500. The van der Waals surface area contributed by atoms with Crippen molar-refractivity contribution < 1.29 is 23.1 Å². The van der Waals surface area contributed by atoms with E-state index >= 15 is 0 Å². The largest absolute Gasteiger partial charge is 0.390 e. The standard InChI is InChI=1S/C32H37F3N2O2/c1-22-26(8-5-17-36-22)21-37-29(38)25-10-12-28-24(18-25)9-11-27-20-30(39,14-16-32(33,34)35)13-15-31(27,28)19-23-6-3-2-4-7-23/h2-8,10,17-18,27-28,39H,9,11-16,19-21H2,1H3,(H,37,38)/t27-,28?,30+,31+/m1/s1. The van der Waals surface area contributed by atoms with Crippen molar-refractivity contribution >= 4 is 5.91 Å². The van der Waals surface area contributed by atoms with Crippen LogP contribution in [0.1, 0.15) is 68.2 Å². The number of carbonyl (C=O) groups is 1. The van der Waals surface area contributed by atoms with Crippen LogP contribution in [0.25, 0.3) is 0 Å². The van der Waals surface area contributed by atoms with E-state index in [9.17, 15) is 23.1 Å². The van der Waals surface area contributed by atoms with Gasteiger partial charge in [-0.2, -0.15) is 13.2 Å². The summed E-state index contributed by atoms with van der Waals surface area (Å²) in [5, 5.41) is 14.3. The maximum Gasteiger partial charge on any atom is 0.389 e. The van der Waals surface area contributed by atoms with Gasteiger partial charge in [-0.3, -0.25) is 9.78 Å². The molecule has 1 heterocycles. The number of fused-ring (bicyclic) bond motifs is 3. The molecule has 2 aromatic rings. The molecule has 2 N–H and O–H groups in total. The average molecular weight is 539 g/mol. The zero-order valence-corrected chi connectivity index (χ0v) is 22.4. The van der Waals surface area contributed by atoms with E-state index in [-0.39, 0.29) is 29.6 Å². The maximum absolute atomic E-state index is 13.1. The number of nitrogens with one attached hydrogen (secondary N) is 1. The topological polar surface area (TPSA) is 62.2 Å². The van der Waals surface area contributed by atoms with Crippen LogP contribution in [-0.2, 0) is 17.8 Å². The number of nitrogens with zero attached hydrogens (tertiary/aromatic N) is 1. The van der Waals surface area contributed by atoms with Gasteiger partial charge in [-0.15, -0.1) is 0 Å². The summed E-state index contributed by atoms with van der Waals surface area (Å²) in [5.41, 5.74) is 3.59. The predicted molar refractivity (Wildman–Crippen MR) is 144 cm³/mol. The van der Waals surface area contributed by atoms with Gasteiger partial charge in [0.05, 0.1) is 5.60 Å². The van der Waals surface area contributed by atoms with Crippen LogP contribution in [0.15, 0.2) is 72.0 Å². The highest BCUT2D eigenvalue weighted by atomic mass is 19.4. The van der Waals surface area contributed by atoms with Crippen molar-refractivity contribution in [3.63, 3.8) is 0 Å². The zero-order chi connectivity index (χ0) is 27.7. The lowest BCUT2D eigenvalue weighted by atomic mass is 9.48. The molecule has 39 heavy (non-hydrogen) atoms. The Kier molecular flexibility index (Phi) is 7.73. The lowest BCUT2D eigenvalue weighted by Gasteiger charge is -2.58. The first-order valence-corrected chi connectivity index (χ1v) is 14.0. The van der Waals surface area contributed by atoms with E-state index in [1.165, 1.54) is 11.1 Å². The number of carbonyl (C=O) groups excluding carboxylic acids is 1. The lowest BCUT2D eigenvalue weighted by Crippen LogP contribution is -2.53. The molecule has 1 aromatic carbocycles. The molecule has 0 spiro atoms. The van der Waals surface area contributed by atoms with E-state index in [0.29, 0.717) is 31.4 Å². The Hall–Kier alpha value is -2.93. The third-order valence-corrected chi connectivity index (χ3v) is 9.40. The van der Waals surface area contributed by atoms with E-state index in [4.69, 9.17) is 0 Å². The van der Waals surface area contributed by atoms with Gasteiger partial charge in [0.25, 0.3) is 5.91 Å². The number of aromatic nitrogens is 1. The van der Waals surface area contributed by atoms with Crippen LogP contribution in [0, 0.1) is 24.2 Å². The van der Waals surface area contributed by atoms with Gasteiger partial charge >= 0.3 is 6.18 Å². The number of halogens is 3. The lowest BCUT2D eigenvalue weighted by molar-refractivity contribution is -0.159. The zero-order valence-electron chi connectivity index (χ0n) is 22.4. The number of allylic oxidation sites excluding steroid dienone is 2. The summed E-state index contributed by atoms with van der Waals surface area (Å²) in [5.74, 6) is 0.235. The number of benzene rings is 1. The number of hydrogen-bond acceptors (Lipinski definition) is 3. The Morgan fingerprint density at radius 3 is 2.69 bits per heavy atom. The van der Waals surface area contributed by atoms with Crippen LogP contribution in [-0.4, -0.2) is 27.8 Å². The Balaban J connectivity index is 1.35. The molecular weight excluding hydrogens is 501 g/mol. The van der Waals surface area contributed by atoms with Gasteiger partial charge in [0, 0.05) is 30.4 Å². The second-order valence-corrected chi connectivity index (χ2v) is 11.8. The average Bonchev–Trinajstić information content (AvgIpc) is 2.92. The highest BCUT2D eigenvalue weighted by Crippen LogP contribution is 2.61. The summed E-state index contributed by atoms with van der Waals surface area (Å²) >= 11 is 0. The van der Waals surface area contributed by atoms with E-state index in [1.54, 1.807) is 6.20 Å². The van der Waals surface area contributed by atoms with Gasteiger partial charge in [-0.25, -0.2) is 0 Å². The van der Waals surface area contributed by atoms with Crippen molar-refractivity contribution in [1.29, 1.82) is 0 Å². The minimum Gasteiger partial charge on any atom is -0.390 e. The van der Waals surface area contributed by atoms with E-state index in [0.717, 1.165) is 36.9 Å². The molecule has 208 valence electrons. The Bertz CT molecular complexity index is 1260. The van der Waals surface area contributed by atoms with E-state index in [2.05, 4.69) is 22.4 Å². The second-order valence-electron chi connectivity index (χ2n) is 11.8. The summed E-state index contributed by atoms with van der Waals surface area (Å²) in [7, 11) is 0. The molecule has 7 heteroatoms. The Morgan fingerprint density at radius 2 is 1.95 bits per heavy atom. The number of hydrogen-bond donors (Lipinski definition) is 2. The molecule has 2 saturated carbocycles. The van der Waals surface area contributed by atoms with Gasteiger partial charge in [-0.05, 0) is 92.7 Å². The fourth-order valence-electron chi connectivity index (χ4n) is 7.30. The molecular formula is C32H37F3N2O2. The van der Waals surface area contributed by atoms with Crippen LogP contribution in [0.2, 0.25) is 0 Å². The number of amides is 1. The highest BCUT2D eigenvalue weighted by molar-refractivity contribution is 5.96. The second kappa shape index (κ2) is 10.9. The molecule has 3 aliphatic carbocycles. The number of rotatable bonds is 7. The molecule has 2 fully saturated rings. The van der Waals surface area contributed by atoms with Gasteiger partial charge in [0.15, 0.2) is 0 Å². The van der Waals surface area contributed by atoms with Gasteiger partial charge in [-0.1, -0.05) is 54.1 Å². The first-order valence-electron chi connectivity index (χ1n) is 14.0. The summed E-state index contributed by atoms with van der Waals surface area (Å²) in [6.45, 7) is 2.34. The summed E-state index contributed by atoms with van der Waals surface area (Å²) in [4.78, 5) is 17.4. The Morgan fingerprint density at radius 1 is 1.15 bits per heavy atom. The molecule has 4 nitrogen and oxygen atoms in total. The van der Waals surface area contributed by atoms with Crippen LogP contribution in [0.3, 0.4) is 0 Å². The van der Waals surface area contributed by atoms with Gasteiger partial charge in [0.2, 0.25) is 0 Å². The number of alkyl halides is 3. The number of aliphatic hydroxyl groups is 1. The quantitative estimate of drug-likeness (QED) is 0.409. The van der Waals surface area contributed by atoms with Crippen molar-refractivity contribution in [1.82, 2.24) is 10.3 Å². The van der Waals surface area contributed by atoms with Crippen LogP contribution < -0.4 is 5.32 Å². The minimum atomic E-state index is -4.27. The smallest absolute Gasteiger partial charge is 0.389 e. The summed E-state index contributed by atoms with van der Waals surface area (Å²) in [6, 6.07) is 14.1. The molecule has 5 rings (SSSR count). The first-order chi connectivity index (χ1) is 18.6. The Labute approximate surface area is 228 Å². The molecule has 4 atom stereocenters. The van der Waals surface area contributed by atoms with Crippen LogP contribution in [0.5, 0.6) is 0 Å². The molecule has 3 aliphatic rings. The molecule has 0 aliphatic heterocycles. The summed E-state index contributed by atoms with van der Waals surface area (Å²) in [6.07, 6.45) is 4.98. The number of aryl methyl sites for hydroxylation is 1. The van der Waals surface area contributed by atoms with Gasteiger partial charge < -0.3 is 10.4 Å². The first kappa shape index (κ1) is 27.6. The van der Waals surface area contributed by atoms with E-state index in [1.807, 2.05) is 49.4 Å². The molecule has 0 bridgehead atoms. The molecule has 1 aromatic heterocycles. The number of pyridine rings is 1. The highest BCUT2D eigenvalue weighted by Gasteiger charge is 2.55. The monoisotopic (exact) mass is 538 g/mol. The molecule has 0 saturated heterocycles. The molecule has 1 amide bonds. The SMILES string of the molecule is Cc1ncccc1CNC(=O)C1=CCC2C(=C1)CC[C@@H]1C[C@@](O)(CCC(F)(F)F)CC[C@@]21Cc1ccccc1. The third kappa shape index (κ3) is 6.13. The van der Waals surface area contributed by atoms with Crippen molar-refractivity contribution in [3.05, 3.63) is 88.8 Å². The minimum absolute atomic E-state index is 0.103. The summed E-state index contributed by atoms with van der Waals surface area (Å²) < 4.78 is 39.0. The molecule has 1 unspecified atom stereocenters. The normalized spacial score (nSPS) is 28.5. The third-order valence-electron chi connectivity index (χ3n) is 9.40. The van der Waals surface area contributed by atoms with Crippen molar-refractivity contribution in [2.75, 3.05) is 0 Å². The molecule has 0 radical (unpaired) electrons. The predicted octanol–water partition coefficient (Wildman–Crippen LogP) is 6.78. The van der Waals surface area contributed by atoms with Crippen molar-refractivity contribution in [2.45, 2.75) is 83.0 Å². The van der Waals surface area contributed by atoms with Crippen molar-refractivity contribution in [3.8, 4) is 0 Å². The van der Waals surface area contributed by atoms with Crippen LogP contribution >= 0.6 is 0 Å². The fourth-order valence-corrected chi connectivity index (χ4v) is 7.30. The maximum atomic E-state index is 13.1.